The van der Waals surface area contributed by atoms with E-state index >= 15 is 0 Å². The van der Waals surface area contributed by atoms with Gasteiger partial charge in [-0.1, -0.05) is 0 Å². The van der Waals surface area contributed by atoms with Crippen molar-refractivity contribution in [2.45, 2.75) is 47.7 Å². The average Bonchev–Trinajstić information content (AvgIpc) is 3.80. The van der Waals surface area contributed by atoms with E-state index in [1.165, 1.54) is 17.8 Å². The van der Waals surface area contributed by atoms with Crippen LogP contribution in [0.2, 0.25) is 0 Å². The largest absolute Gasteiger partial charge is 0.381 e. The number of benzene rings is 1. The highest BCUT2D eigenvalue weighted by Gasteiger charge is 2.33. The van der Waals surface area contributed by atoms with Gasteiger partial charge in [0.15, 0.2) is 0 Å². The Balaban J connectivity index is 1.18. The summed E-state index contributed by atoms with van der Waals surface area (Å²) in [4.78, 5) is 30.3. The van der Waals surface area contributed by atoms with Crippen LogP contribution in [0.5, 0.6) is 0 Å². The van der Waals surface area contributed by atoms with Gasteiger partial charge in [-0.25, -0.2) is 9.97 Å². The number of aromatic nitrogens is 4. The van der Waals surface area contributed by atoms with Crippen molar-refractivity contribution in [2.75, 3.05) is 56.6 Å². The lowest BCUT2D eigenvalue weighted by Gasteiger charge is -2.27. The molecule has 1 aromatic carbocycles. The van der Waals surface area contributed by atoms with Crippen LogP contribution in [0.4, 0.5) is 17.3 Å². The molecule has 2 unspecified atom stereocenters. The molecule has 7 rings (SSSR count). The van der Waals surface area contributed by atoms with Gasteiger partial charge in [-0.2, -0.15) is 4.98 Å². The Bertz CT molecular complexity index is 1790. The summed E-state index contributed by atoms with van der Waals surface area (Å²) in [6, 6.07) is 10.3. The predicted octanol–water partition coefficient (Wildman–Crippen LogP) is 3.39. The second kappa shape index (κ2) is 12.6. The number of ether oxygens (including phenoxy) is 1. The van der Waals surface area contributed by atoms with Crippen LogP contribution >= 0.6 is 11.3 Å². The number of hydrogen-bond acceptors (Lipinski definition) is 11. The van der Waals surface area contributed by atoms with Crippen LogP contribution in [-0.4, -0.2) is 91.7 Å². The van der Waals surface area contributed by atoms with Crippen LogP contribution in [0.15, 0.2) is 51.7 Å². The summed E-state index contributed by atoms with van der Waals surface area (Å²) in [7, 11) is -2.40. The summed E-state index contributed by atoms with van der Waals surface area (Å²) in [5.41, 5.74) is 2.78. The Morgan fingerprint density at radius 3 is 2.61 bits per heavy atom. The van der Waals surface area contributed by atoms with E-state index in [0.29, 0.717) is 58.7 Å². The molecule has 13 heteroatoms. The molecule has 0 amide bonds. The molecular weight excluding hydrogens is 597 g/mol. The molecule has 1 aliphatic carbocycles. The third-order valence-corrected chi connectivity index (χ3v) is 12.8. The molecule has 4 aromatic rings. The maximum Gasteiger partial charge on any atom is 0.262 e. The molecule has 232 valence electrons. The molecule has 0 radical (unpaired) electrons. The third-order valence-electron chi connectivity index (χ3n) is 8.50. The van der Waals surface area contributed by atoms with Crippen LogP contribution in [-0.2, 0) is 20.8 Å². The standard InChI is InChI=1S/C31H38N8O3S2/c1-44(41,25-8-9-25)27-20-33-29(43-27)26-17-21-18-34-31(36-23-6-4-22(5-7-23)35-24-3-2-10-32-19-24)37-28(21)39(30(26)40)12-11-38-13-15-42-16-14-38/h4-7,17-18,20,24-25,32,35H,1-3,8-16,19H2,(H,34,36,37). The van der Waals surface area contributed by atoms with Gasteiger partial charge >= 0.3 is 0 Å². The number of rotatable bonds is 10. The van der Waals surface area contributed by atoms with Gasteiger partial charge in [-0.05, 0) is 68.4 Å². The SMILES string of the molecule is C=S(=O)(c1cnc(-c2cc3cnc(Nc4ccc(NC5CCCNC5)cc4)nc3n(CCN3CCOCC3)c2=O)s1)C1CC1. The van der Waals surface area contributed by atoms with Gasteiger partial charge < -0.3 is 20.7 Å². The molecule has 3 fully saturated rings. The number of anilines is 3. The van der Waals surface area contributed by atoms with E-state index in [9.17, 15) is 9.00 Å². The smallest absolute Gasteiger partial charge is 0.262 e. The molecule has 2 atom stereocenters. The Hall–Kier alpha value is -3.36. The maximum absolute atomic E-state index is 14.0. The van der Waals surface area contributed by atoms with Gasteiger partial charge in [0.05, 0.1) is 25.0 Å². The number of piperidine rings is 1. The van der Waals surface area contributed by atoms with Crippen molar-refractivity contribution >= 4 is 55.1 Å². The summed E-state index contributed by atoms with van der Waals surface area (Å²) in [6.07, 6.45) is 7.56. The van der Waals surface area contributed by atoms with Crippen molar-refractivity contribution in [3.8, 4) is 10.6 Å². The minimum Gasteiger partial charge on any atom is -0.381 e. The zero-order valence-electron chi connectivity index (χ0n) is 24.7. The fraction of sp³-hybridized carbons (Fsp3) is 0.452. The molecule has 3 aliphatic rings. The molecule has 0 bridgehead atoms. The van der Waals surface area contributed by atoms with Crippen LogP contribution in [0.25, 0.3) is 21.6 Å². The van der Waals surface area contributed by atoms with Gasteiger partial charge in [0.25, 0.3) is 5.56 Å². The second-order valence-corrected chi connectivity index (χ2v) is 15.6. The maximum atomic E-state index is 14.0. The van der Waals surface area contributed by atoms with Crippen LogP contribution in [0.1, 0.15) is 25.7 Å². The minimum atomic E-state index is -2.40. The molecule has 3 aromatic heterocycles. The molecule has 44 heavy (non-hydrogen) atoms. The number of nitrogens with zero attached hydrogens (tertiary/aromatic N) is 5. The van der Waals surface area contributed by atoms with Gasteiger partial charge in [0, 0.05) is 76.5 Å². The van der Waals surface area contributed by atoms with Gasteiger partial charge in [0.2, 0.25) is 5.95 Å². The topological polar surface area (TPSA) is 126 Å². The van der Waals surface area contributed by atoms with Crippen LogP contribution in [0.3, 0.4) is 0 Å². The summed E-state index contributed by atoms with van der Waals surface area (Å²) in [6.45, 7) is 6.23. The first-order valence-electron chi connectivity index (χ1n) is 15.3. The number of thiazole rings is 1. The highest BCUT2D eigenvalue weighted by Crippen LogP contribution is 2.37. The molecule has 2 saturated heterocycles. The van der Waals surface area contributed by atoms with E-state index in [4.69, 9.17) is 9.72 Å². The predicted molar refractivity (Wildman–Crippen MR) is 178 cm³/mol. The van der Waals surface area contributed by atoms with Crippen molar-refractivity contribution in [3.05, 3.63) is 53.1 Å². The van der Waals surface area contributed by atoms with Crippen LogP contribution in [0, 0.1) is 0 Å². The Labute approximate surface area is 261 Å². The molecule has 3 N–H and O–H groups in total. The number of fused-ring (bicyclic) bond motifs is 1. The lowest BCUT2D eigenvalue weighted by atomic mass is 10.1. The number of nitrogens with one attached hydrogen (secondary N) is 3. The number of morpholine rings is 1. The zero-order chi connectivity index (χ0) is 30.1. The quantitative estimate of drug-likeness (QED) is 0.224. The Morgan fingerprint density at radius 2 is 1.86 bits per heavy atom. The highest BCUT2D eigenvalue weighted by molar-refractivity contribution is 8.02. The fourth-order valence-corrected chi connectivity index (χ4v) is 9.12. The average molecular weight is 635 g/mol. The molecule has 11 nitrogen and oxygen atoms in total. The molecule has 5 heterocycles. The lowest BCUT2D eigenvalue weighted by Crippen LogP contribution is -2.39. The number of hydrogen-bond donors (Lipinski definition) is 3. The summed E-state index contributed by atoms with van der Waals surface area (Å²) in [5.74, 6) is 4.44. The van der Waals surface area contributed by atoms with Crippen molar-refractivity contribution in [1.82, 2.24) is 29.7 Å². The third kappa shape index (κ3) is 6.38. The van der Waals surface area contributed by atoms with Gasteiger partial charge in [-0.15, -0.1) is 11.3 Å². The summed E-state index contributed by atoms with van der Waals surface area (Å²) in [5, 5.41) is 11.7. The van der Waals surface area contributed by atoms with E-state index < -0.39 is 9.52 Å². The van der Waals surface area contributed by atoms with E-state index in [1.807, 2.05) is 12.1 Å². The molecular formula is C31H38N8O3S2. The first-order chi connectivity index (χ1) is 21.4. The van der Waals surface area contributed by atoms with Crippen molar-refractivity contribution < 1.29 is 8.95 Å². The van der Waals surface area contributed by atoms with Crippen LogP contribution < -0.4 is 21.5 Å². The highest BCUT2D eigenvalue weighted by atomic mass is 32.2. The van der Waals surface area contributed by atoms with E-state index in [0.717, 1.165) is 62.2 Å². The van der Waals surface area contributed by atoms with Gasteiger partial charge in [0.1, 0.15) is 14.9 Å². The van der Waals surface area contributed by atoms with E-state index in [1.54, 1.807) is 23.0 Å². The second-order valence-electron chi connectivity index (χ2n) is 11.7. The van der Waals surface area contributed by atoms with Crippen molar-refractivity contribution in [3.63, 3.8) is 0 Å². The molecule has 0 spiro atoms. The Kier molecular flexibility index (Phi) is 8.38. The lowest BCUT2D eigenvalue weighted by molar-refractivity contribution is 0.0364. The Morgan fingerprint density at radius 1 is 1.07 bits per heavy atom. The normalized spacial score (nSPS) is 20.8. The molecule has 2 aliphatic heterocycles. The fourth-order valence-electron chi connectivity index (χ4n) is 5.79. The van der Waals surface area contributed by atoms with E-state index in [2.05, 4.69) is 48.8 Å². The summed E-state index contributed by atoms with van der Waals surface area (Å²) < 4.78 is 21.1. The summed E-state index contributed by atoms with van der Waals surface area (Å²) >= 11 is 1.30. The monoisotopic (exact) mass is 634 g/mol. The van der Waals surface area contributed by atoms with E-state index in [-0.39, 0.29) is 10.8 Å². The minimum absolute atomic E-state index is 0.110. The van der Waals surface area contributed by atoms with Gasteiger partial charge in [-0.3, -0.25) is 18.5 Å². The number of pyridine rings is 1. The first kappa shape index (κ1) is 29.4. The zero-order valence-corrected chi connectivity index (χ0v) is 26.3. The van der Waals surface area contributed by atoms with Crippen molar-refractivity contribution in [2.24, 2.45) is 0 Å². The molecule has 1 saturated carbocycles. The van der Waals surface area contributed by atoms with Crippen molar-refractivity contribution in [1.29, 1.82) is 0 Å². The first-order valence-corrected chi connectivity index (χ1v) is 17.9.